The number of hydrogen-bond acceptors (Lipinski definition) is 4. The zero-order chi connectivity index (χ0) is 20.9. The van der Waals surface area contributed by atoms with E-state index in [2.05, 4.69) is 33.6 Å². The van der Waals surface area contributed by atoms with Gasteiger partial charge in [-0.1, -0.05) is 42.5 Å². The van der Waals surface area contributed by atoms with Gasteiger partial charge in [-0.05, 0) is 34.5 Å². The van der Waals surface area contributed by atoms with Gasteiger partial charge >= 0.3 is 5.69 Å². The summed E-state index contributed by atoms with van der Waals surface area (Å²) in [6.07, 6.45) is 10.2. The van der Waals surface area contributed by atoms with Crippen LogP contribution in [0, 0.1) is 12.3 Å². The quantitative estimate of drug-likeness (QED) is 0.449. The van der Waals surface area contributed by atoms with E-state index in [-0.39, 0.29) is 5.69 Å². The van der Waals surface area contributed by atoms with Gasteiger partial charge in [0, 0.05) is 36.8 Å². The van der Waals surface area contributed by atoms with E-state index in [0.717, 1.165) is 28.1 Å². The second kappa shape index (κ2) is 8.62. The molecule has 0 unspecified atom stereocenters. The maximum atomic E-state index is 12.7. The van der Waals surface area contributed by atoms with Crippen LogP contribution in [0.15, 0.2) is 65.8 Å². The zero-order valence-electron chi connectivity index (χ0n) is 16.8. The van der Waals surface area contributed by atoms with Gasteiger partial charge in [-0.3, -0.25) is 9.13 Å². The normalized spacial score (nSPS) is 10.8. The molecule has 7 nitrogen and oxygen atoms in total. The summed E-state index contributed by atoms with van der Waals surface area (Å²) in [5, 5.41) is 11.5. The first-order chi connectivity index (χ1) is 14.7. The minimum Gasteiger partial charge on any atom is -0.299 e. The highest BCUT2D eigenvalue weighted by molar-refractivity contribution is 5.72. The minimum absolute atomic E-state index is 0.00220. The van der Waals surface area contributed by atoms with Gasteiger partial charge in [-0.25, -0.2) is 4.79 Å². The summed E-state index contributed by atoms with van der Waals surface area (Å²) in [6.45, 7) is 3.12. The van der Waals surface area contributed by atoms with E-state index >= 15 is 0 Å². The highest BCUT2D eigenvalue weighted by Crippen LogP contribution is 2.26. The van der Waals surface area contributed by atoms with E-state index in [0.29, 0.717) is 25.9 Å². The molecule has 4 rings (SSSR count). The van der Waals surface area contributed by atoms with Crippen molar-refractivity contribution >= 4 is 0 Å². The molecule has 0 aliphatic carbocycles. The van der Waals surface area contributed by atoms with E-state index in [1.54, 1.807) is 15.6 Å². The molecule has 0 amide bonds. The van der Waals surface area contributed by atoms with E-state index in [9.17, 15) is 4.79 Å². The summed E-state index contributed by atoms with van der Waals surface area (Å²) in [6, 6.07) is 16.2. The summed E-state index contributed by atoms with van der Waals surface area (Å²) in [7, 11) is 0. The van der Waals surface area contributed by atoms with Gasteiger partial charge in [0.2, 0.25) is 0 Å². The van der Waals surface area contributed by atoms with Gasteiger partial charge in [0.25, 0.3) is 0 Å². The fourth-order valence-electron chi connectivity index (χ4n) is 3.54. The van der Waals surface area contributed by atoms with Crippen molar-refractivity contribution in [3.8, 4) is 29.2 Å². The van der Waals surface area contributed by atoms with Crippen molar-refractivity contribution in [2.75, 3.05) is 0 Å². The first-order valence-electron chi connectivity index (χ1n) is 9.85. The van der Waals surface area contributed by atoms with Crippen molar-refractivity contribution in [2.45, 2.75) is 32.9 Å². The maximum absolute atomic E-state index is 12.7. The Morgan fingerprint density at radius 2 is 1.90 bits per heavy atom. The molecule has 0 N–H and O–H groups in total. The van der Waals surface area contributed by atoms with Crippen LogP contribution in [-0.4, -0.2) is 29.3 Å². The molecule has 0 saturated heterocycles. The van der Waals surface area contributed by atoms with Crippen molar-refractivity contribution in [1.29, 1.82) is 0 Å². The maximum Gasteiger partial charge on any atom is 0.328 e. The third-order valence-corrected chi connectivity index (χ3v) is 5.10. The molecule has 2 aromatic heterocycles. The third-order valence-electron chi connectivity index (χ3n) is 5.10. The lowest BCUT2D eigenvalue weighted by molar-refractivity contribution is 0.656. The second-order valence-electron chi connectivity index (χ2n) is 6.95. The largest absolute Gasteiger partial charge is 0.328 e. The van der Waals surface area contributed by atoms with Crippen molar-refractivity contribution in [3.63, 3.8) is 0 Å². The molecular weight excluding hydrogens is 376 g/mol. The predicted molar refractivity (Wildman–Crippen MR) is 115 cm³/mol. The molecule has 0 spiro atoms. The fourth-order valence-corrected chi connectivity index (χ4v) is 3.54. The summed E-state index contributed by atoms with van der Waals surface area (Å²) in [4.78, 5) is 12.7. The molecule has 0 atom stereocenters. The lowest BCUT2D eigenvalue weighted by Gasteiger charge is -2.10. The zero-order valence-corrected chi connectivity index (χ0v) is 16.8. The lowest BCUT2D eigenvalue weighted by Crippen LogP contribution is -2.25. The molecule has 0 saturated carbocycles. The summed E-state index contributed by atoms with van der Waals surface area (Å²) >= 11 is 0. The second-order valence-corrected chi connectivity index (χ2v) is 6.95. The van der Waals surface area contributed by atoms with Crippen LogP contribution in [-0.2, 0) is 19.5 Å². The van der Waals surface area contributed by atoms with E-state index in [4.69, 9.17) is 6.42 Å². The minimum atomic E-state index is -0.00220. The number of nitrogens with zero attached hydrogens (tertiary/aromatic N) is 6. The fraction of sp³-hybridized carbons (Fsp3) is 0.217. The van der Waals surface area contributed by atoms with Crippen molar-refractivity contribution in [2.24, 2.45) is 0 Å². The van der Waals surface area contributed by atoms with Crippen LogP contribution < -0.4 is 5.69 Å². The van der Waals surface area contributed by atoms with Crippen molar-refractivity contribution < 1.29 is 0 Å². The van der Waals surface area contributed by atoms with E-state index in [1.807, 2.05) is 54.1 Å². The molecule has 150 valence electrons. The Hall–Kier alpha value is -3.92. The predicted octanol–water partition coefficient (Wildman–Crippen LogP) is 2.93. The van der Waals surface area contributed by atoms with Crippen molar-refractivity contribution in [3.05, 3.63) is 82.8 Å². The van der Waals surface area contributed by atoms with Crippen LogP contribution in [0.2, 0.25) is 0 Å². The van der Waals surface area contributed by atoms with Crippen LogP contribution in [0.4, 0.5) is 0 Å². The Labute approximate surface area is 174 Å². The molecule has 0 aliphatic heterocycles. The van der Waals surface area contributed by atoms with Gasteiger partial charge in [-0.15, -0.1) is 17.4 Å². The summed E-state index contributed by atoms with van der Waals surface area (Å²) in [5.74, 6) is 2.66. The van der Waals surface area contributed by atoms with Gasteiger partial charge in [-0.2, -0.15) is 4.68 Å². The molecule has 0 bridgehead atoms. The number of terminal acetylenes is 1. The lowest BCUT2D eigenvalue weighted by atomic mass is 10.0. The first-order valence-corrected chi connectivity index (χ1v) is 9.85. The van der Waals surface area contributed by atoms with E-state index in [1.165, 1.54) is 0 Å². The van der Waals surface area contributed by atoms with Crippen LogP contribution in [0.3, 0.4) is 0 Å². The molecular formula is C23H22N6O. The molecule has 2 aromatic carbocycles. The van der Waals surface area contributed by atoms with Gasteiger partial charge in [0.15, 0.2) is 0 Å². The Bertz CT molecular complexity index is 1230. The van der Waals surface area contributed by atoms with Crippen molar-refractivity contribution in [1.82, 2.24) is 29.3 Å². The number of para-hydroxylation sites is 1. The Morgan fingerprint density at radius 3 is 2.60 bits per heavy atom. The Kier molecular flexibility index (Phi) is 5.57. The number of aromatic nitrogens is 6. The molecule has 0 aliphatic rings. The van der Waals surface area contributed by atoms with Crippen LogP contribution in [0.1, 0.15) is 24.6 Å². The summed E-state index contributed by atoms with van der Waals surface area (Å²) in [5.41, 5.74) is 5.00. The Morgan fingerprint density at radius 1 is 1.10 bits per heavy atom. The summed E-state index contributed by atoms with van der Waals surface area (Å²) < 4.78 is 5.18. The highest BCUT2D eigenvalue weighted by Gasteiger charge is 2.12. The number of tetrazole rings is 1. The molecule has 0 radical (unpaired) electrons. The number of rotatable bonds is 7. The van der Waals surface area contributed by atoms with Gasteiger partial charge < -0.3 is 0 Å². The van der Waals surface area contributed by atoms with Crippen LogP contribution >= 0.6 is 0 Å². The highest BCUT2D eigenvalue weighted by atomic mass is 16.1. The van der Waals surface area contributed by atoms with Crippen LogP contribution in [0.5, 0.6) is 0 Å². The number of benzene rings is 2. The van der Waals surface area contributed by atoms with Gasteiger partial charge in [0.1, 0.15) is 6.33 Å². The number of hydrogen-bond donors (Lipinski definition) is 0. The topological polar surface area (TPSA) is 70.5 Å². The van der Waals surface area contributed by atoms with Gasteiger partial charge in [0.05, 0.1) is 12.2 Å². The molecule has 0 fully saturated rings. The van der Waals surface area contributed by atoms with E-state index < -0.39 is 0 Å². The SMILES string of the molecule is C#CCCc1cn(CC)c(=O)n1Cc1ccc(-c2ccccc2-n2cnnn2)cc1. The number of aryl methyl sites for hydroxylation is 2. The average Bonchev–Trinajstić information content (AvgIpc) is 3.42. The molecule has 7 heteroatoms. The molecule has 2 heterocycles. The third kappa shape index (κ3) is 3.80. The molecule has 4 aromatic rings. The standard InChI is InChI=1S/C23H22N6O/c1-3-5-8-20-16-27(4-2)23(30)28(20)15-18-11-13-19(14-12-18)21-9-6-7-10-22(21)29-17-24-25-26-29/h1,6-7,9-14,16-17H,4-5,8,15H2,2H3. The average molecular weight is 398 g/mol. The Balaban J connectivity index is 1.63. The number of imidazole rings is 1. The first kappa shape index (κ1) is 19.4. The molecule has 30 heavy (non-hydrogen) atoms. The van der Waals surface area contributed by atoms with Crippen LogP contribution in [0.25, 0.3) is 16.8 Å². The smallest absolute Gasteiger partial charge is 0.299 e. The monoisotopic (exact) mass is 398 g/mol.